The average Bonchev–Trinajstić information content (AvgIpc) is 2.65. The fourth-order valence-corrected chi connectivity index (χ4v) is 3.26. The van der Waals surface area contributed by atoms with Crippen molar-refractivity contribution in [1.29, 1.82) is 0 Å². The lowest BCUT2D eigenvalue weighted by atomic mass is 10.1. The normalized spacial score (nSPS) is 11.0. The van der Waals surface area contributed by atoms with E-state index in [0.717, 1.165) is 36.3 Å². The van der Waals surface area contributed by atoms with Crippen molar-refractivity contribution in [2.45, 2.75) is 52.4 Å². The van der Waals surface area contributed by atoms with Gasteiger partial charge in [-0.25, -0.2) is 4.98 Å². The van der Waals surface area contributed by atoms with Gasteiger partial charge in [-0.1, -0.05) is 39.4 Å². The van der Waals surface area contributed by atoms with Crippen LogP contribution in [0.25, 0.3) is 0 Å². The Hall–Kier alpha value is -0.480. The minimum atomic E-state index is 0.498. The third kappa shape index (κ3) is 3.01. The molecule has 1 aromatic rings. The lowest BCUT2D eigenvalue weighted by molar-refractivity contribution is 0.634. The number of nitrogens with two attached hydrogens (primary N) is 1. The van der Waals surface area contributed by atoms with Crippen molar-refractivity contribution in [2.24, 2.45) is 5.73 Å². The van der Waals surface area contributed by atoms with E-state index in [2.05, 4.69) is 20.8 Å². The van der Waals surface area contributed by atoms with Crippen molar-refractivity contribution in [3.05, 3.63) is 15.6 Å². The maximum atomic E-state index is 5.74. The molecule has 16 heavy (non-hydrogen) atoms. The van der Waals surface area contributed by atoms with Gasteiger partial charge >= 0.3 is 0 Å². The number of thiocarbonyl (C=S) groups is 1. The summed E-state index contributed by atoms with van der Waals surface area (Å²) < 4.78 is 0. The second-order valence-corrected chi connectivity index (χ2v) is 5.43. The molecular formula is C12H20N2S2. The van der Waals surface area contributed by atoms with Gasteiger partial charge < -0.3 is 5.73 Å². The average molecular weight is 256 g/mol. The van der Waals surface area contributed by atoms with E-state index in [1.54, 1.807) is 11.3 Å². The Morgan fingerprint density at radius 3 is 2.44 bits per heavy atom. The molecule has 1 aromatic heterocycles. The van der Waals surface area contributed by atoms with Crippen LogP contribution in [-0.2, 0) is 6.42 Å². The van der Waals surface area contributed by atoms with E-state index < -0.39 is 0 Å². The van der Waals surface area contributed by atoms with E-state index in [1.807, 2.05) is 0 Å². The molecule has 1 heterocycles. The first kappa shape index (κ1) is 13.6. The molecule has 0 aromatic carbocycles. The van der Waals surface area contributed by atoms with Crippen LogP contribution >= 0.6 is 23.6 Å². The summed E-state index contributed by atoms with van der Waals surface area (Å²) in [6, 6.07) is 0. The fourth-order valence-electron chi connectivity index (χ4n) is 1.78. The summed E-state index contributed by atoms with van der Waals surface area (Å²) in [5.74, 6) is 0.559. The Morgan fingerprint density at radius 2 is 2.00 bits per heavy atom. The molecule has 2 N–H and O–H groups in total. The summed E-state index contributed by atoms with van der Waals surface area (Å²) in [6.45, 7) is 6.56. The molecule has 0 saturated heterocycles. The van der Waals surface area contributed by atoms with Crippen molar-refractivity contribution in [3.63, 3.8) is 0 Å². The van der Waals surface area contributed by atoms with Crippen LogP contribution in [0, 0.1) is 0 Å². The third-order valence-corrected chi connectivity index (χ3v) is 4.39. The zero-order valence-corrected chi connectivity index (χ0v) is 11.9. The van der Waals surface area contributed by atoms with Crippen LogP contribution < -0.4 is 5.73 Å². The monoisotopic (exact) mass is 256 g/mol. The van der Waals surface area contributed by atoms with E-state index in [9.17, 15) is 0 Å². The number of hydrogen-bond acceptors (Lipinski definition) is 3. The van der Waals surface area contributed by atoms with Crippen molar-refractivity contribution >= 4 is 28.5 Å². The Bertz CT molecular complexity index is 354. The molecular weight excluding hydrogens is 236 g/mol. The van der Waals surface area contributed by atoms with Crippen LogP contribution in [0.1, 0.15) is 61.5 Å². The number of thiazole rings is 1. The predicted molar refractivity (Wildman–Crippen MR) is 75.3 cm³/mol. The zero-order valence-electron chi connectivity index (χ0n) is 10.2. The first-order valence-electron chi connectivity index (χ1n) is 5.93. The van der Waals surface area contributed by atoms with Crippen LogP contribution in [0.15, 0.2) is 0 Å². The number of rotatable bonds is 6. The van der Waals surface area contributed by atoms with Gasteiger partial charge in [-0.3, -0.25) is 0 Å². The molecule has 0 atom stereocenters. The van der Waals surface area contributed by atoms with E-state index in [1.165, 1.54) is 5.01 Å². The van der Waals surface area contributed by atoms with Gasteiger partial charge in [-0.05, 0) is 19.3 Å². The second-order valence-electron chi connectivity index (χ2n) is 3.96. The molecule has 0 fully saturated rings. The van der Waals surface area contributed by atoms with Crippen LogP contribution in [0.5, 0.6) is 0 Å². The van der Waals surface area contributed by atoms with Crippen LogP contribution in [0.2, 0.25) is 0 Å². The largest absolute Gasteiger partial charge is 0.389 e. The van der Waals surface area contributed by atoms with Crippen molar-refractivity contribution in [3.8, 4) is 0 Å². The number of aryl methyl sites for hydroxylation is 1. The van der Waals surface area contributed by atoms with Crippen molar-refractivity contribution in [2.75, 3.05) is 0 Å². The molecule has 0 amide bonds. The highest BCUT2D eigenvalue weighted by molar-refractivity contribution is 7.81. The molecule has 1 rings (SSSR count). The van der Waals surface area contributed by atoms with Gasteiger partial charge in [0.2, 0.25) is 0 Å². The maximum absolute atomic E-state index is 5.74. The highest BCUT2D eigenvalue weighted by atomic mass is 32.1. The molecule has 0 radical (unpaired) electrons. The van der Waals surface area contributed by atoms with Crippen molar-refractivity contribution in [1.82, 2.24) is 4.98 Å². The molecule has 0 spiro atoms. The summed E-state index contributed by atoms with van der Waals surface area (Å²) in [5, 5.41) is 1.20. The Balaban J connectivity index is 3.04. The number of hydrogen-bond donors (Lipinski definition) is 1. The quantitative estimate of drug-likeness (QED) is 0.790. The Morgan fingerprint density at radius 1 is 1.38 bits per heavy atom. The Kier molecular flexibility index (Phi) is 5.35. The zero-order chi connectivity index (χ0) is 12.1. The van der Waals surface area contributed by atoms with Crippen molar-refractivity contribution < 1.29 is 0 Å². The van der Waals surface area contributed by atoms with E-state index >= 15 is 0 Å². The molecule has 0 aliphatic rings. The van der Waals surface area contributed by atoms with Crippen LogP contribution in [-0.4, -0.2) is 9.97 Å². The summed E-state index contributed by atoms with van der Waals surface area (Å²) in [4.78, 5) is 6.24. The fraction of sp³-hybridized carbons (Fsp3) is 0.667. The molecule has 0 aliphatic carbocycles. The van der Waals surface area contributed by atoms with Gasteiger partial charge in [-0.15, -0.1) is 11.3 Å². The molecule has 0 aliphatic heterocycles. The lowest BCUT2D eigenvalue weighted by Crippen LogP contribution is -2.09. The molecule has 90 valence electrons. The first-order chi connectivity index (χ1) is 7.63. The summed E-state index contributed by atoms with van der Waals surface area (Å²) in [7, 11) is 0. The van der Waals surface area contributed by atoms with E-state index in [0.29, 0.717) is 10.9 Å². The van der Waals surface area contributed by atoms with E-state index in [4.69, 9.17) is 22.9 Å². The van der Waals surface area contributed by atoms with Gasteiger partial charge in [0.1, 0.15) is 4.99 Å². The minimum absolute atomic E-state index is 0.498. The molecule has 0 saturated carbocycles. The number of aromatic nitrogens is 1. The first-order valence-corrected chi connectivity index (χ1v) is 7.15. The Labute approximate surface area is 107 Å². The highest BCUT2D eigenvalue weighted by Gasteiger charge is 2.17. The van der Waals surface area contributed by atoms with Gasteiger partial charge in [-0.2, -0.15) is 0 Å². The summed E-state index contributed by atoms with van der Waals surface area (Å²) >= 11 is 6.77. The highest BCUT2D eigenvalue weighted by Crippen LogP contribution is 2.30. The SMILES string of the molecule is CCCc1nc(C(CC)CC)sc1C(N)=S. The number of nitrogens with zero attached hydrogens (tertiary/aromatic N) is 1. The van der Waals surface area contributed by atoms with Gasteiger partial charge in [0.25, 0.3) is 0 Å². The molecule has 0 bridgehead atoms. The predicted octanol–water partition coefficient (Wildman–Crippen LogP) is 3.63. The van der Waals surface area contributed by atoms with Crippen LogP contribution in [0.4, 0.5) is 0 Å². The van der Waals surface area contributed by atoms with Gasteiger partial charge in [0.15, 0.2) is 0 Å². The second kappa shape index (κ2) is 6.30. The summed E-state index contributed by atoms with van der Waals surface area (Å²) in [5.41, 5.74) is 6.84. The molecule has 2 nitrogen and oxygen atoms in total. The maximum Gasteiger partial charge on any atom is 0.116 e. The third-order valence-electron chi connectivity index (χ3n) is 2.76. The minimum Gasteiger partial charge on any atom is -0.389 e. The summed E-state index contributed by atoms with van der Waals surface area (Å²) in [6.07, 6.45) is 4.32. The molecule has 4 heteroatoms. The smallest absolute Gasteiger partial charge is 0.116 e. The van der Waals surface area contributed by atoms with Crippen LogP contribution in [0.3, 0.4) is 0 Å². The standard InChI is InChI=1S/C12H20N2S2/c1-4-7-9-10(11(13)15)16-12(14-9)8(5-2)6-3/h8H,4-7H2,1-3H3,(H2,13,15). The molecule has 0 unspecified atom stereocenters. The van der Waals surface area contributed by atoms with E-state index in [-0.39, 0.29) is 0 Å². The van der Waals surface area contributed by atoms with Gasteiger partial charge in [0.05, 0.1) is 15.6 Å². The lowest BCUT2D eigenvalue weighted by Gasteiger charge is -2.06. The topological polar surface area (TPSA) is 38.9 Å². The van der Waals surface area contributed by atoms with Gasteiger partial charge in [0, 0.05) is 5.92 Å².